The van der Waals surface area contributed by atoms with E-state index in [1.165, 1.54) is 0 Å². The van der Waals surface area contributed by atoms with Crippen molar-refractivity contribution in [2.75, 3.05) is 6.54 Å². The summed E-state index contributed by atoms with van der Waals surface area (Å²) in [5, 5.41) is 8.23. The summed E-state index contributed by atoms with van der Waals surface area (Å²) >= 11 is 0. The largest absolute Gasteiger partial charge is 0.481 e. The van der Waals surface area contributed by atoms with Crippen molar-refractivity contribution in [2.24, 2.45) is 11.5 Å². The molecule has 7 nitrogen and oxygen atoms in total. The third kappa shape index (κ3) is 4.88. The van der Waals surface area contributed by atoms with E-state index in [0.29, 0.717) is 0 Å². The summed E-state index contributed by atoms with van der Waals surface area (Å²) in [6.07, 6.45) is -0.587. The maximum Gasteiger partial charge on any atom is 0.331 e. The lowest BCUT2D eigenvalue weighted by Crippen LogP contribution is -2.36. The number of carboxylic acid groups (broad SMARTS) is 1. The molecule has 0 spiro atoms. The van der Waals surface area contributed by atoms with E-state index in [1.807, 2.05) is 0 Å². The molecule has 74 valence electrons. The quantitative estimate of drug-likeness (QED) is 0.339. The SMILES string of the molecule is NCC(=O)OC(=O)[C@@H](N)CC(=O)O. The van der Waals surface area contributed by atoms with Crippen LogP contribution in [0.4, 0.5) is 0 Å². The number of carboxylic acids is 1. The Balaban J connectivity index is 3.96. The molecule has 0 aromatic heterocycles. The number of rotatable bonds is 4. The Bertz CT molecular complexity index is 227. The van der Waals surface area contributed by atoms with Gasteiger partial charge < -0.3 is 21.3 Å². The van der Waals surface area contributed by atoms with Crippen LogP contribution >= 0.6 is 0 Å². The fourth-order valence-electron chi connectivity index (χ4n) is 0.501. The van der Waals surface area contributed by atoms with Crippen molar-refractivity contribution < 1.29 is 24.2 Å². The zero-order valence-corrected chi connectivity index (χ0v) is 6.73. The predicted molar refractivity (Wildman–Crippen MR) is 40.4 cm³/mol. The van der Waals surface area contributed by atoms with Gasteiger partial charge in [-0.15, -0.1) is 0 Å². The minimum Gasteiger partial charge on any atom is -0.481 e. The van der Waals surface area contributed by atoms with E-state index in [-0.39, 0.29) is 0 Å². The van der Waals surface area contributed by atoms with Gasteiger partial charge in [-0.2, -0.15) is 0 Å². The summed E-state index contributed by atoms with van der Waals surface area (Å²) in [7, 11) is 0. The van der Waals surface area contributed by atoms with E-state index >= 15 is 0 Å². The lowest BCUT2D eigenvalue weighted by molar-refractivity contribution is -0.161. The summed E-state index contributed by atoms with van der Waals surface area (Å²) < 4.78 is 4.07. The van der Waals surface area contributed by atoms with E-state index in [2.05, 4.69) is 4.74 Å². The molecule has 0 saturated heterocycles. The van der Waals surface area contributed by atoms with Crippen molar-refractivity contribution >= 4 is 17.9 Å². The molecule has 0 aliphatic rings. The molecule has 0 aromatic rings. The summed E-state index contributed by atoms with van der Waals surface area (Å²) in [6, 6.07) is -1.34. The summed E-state index contributed by atoms with van der Waals surface area (Å²) in [5.41, 5.74) is 9.91. The normalized spacial score (nSPS) is 11.8. The number of aliphatic carboxylic acids is 1. The highest BCUT2D eigenvalue weighted by atomic mass is 16.6. The Morgan fingerprint density at radius 1 is 1.38 bits per heavy atom. The number of esters is 2. The number of nitrogens with two attached hydrogens (primary N) is 2. The van der Waals surface area contributed by atoms with Crippen LogP contribution in [0.2, 0.25) is 0 Å². The first-order chi connectivity index (χ1) is 5.97. The molecule has 0 radical (unpaired) electrons. The minimum absolute atomic E-state index is 0.453. The second-order valence-electron chi connectivity index (χ2n) is 2.20. The first-order valence-electron chi connectivity index (χ1n) is 3.39. The molecule has 0 heterocycles. The number of hydrogen-bond donors (Lipinski definition) is 3. The molecular weight excluding hydrogens is 180 g/mol. The highest BCUT2D eigenvalue weighted by molar-refractivity contribution is 5.90. The number of carbonyl (C=O) groups excluding carboxylic acids is 2. The Morgan fingerprint density at radius 2 is 1.92 bits per heavy atom. The lowest BCUT2D eigenvalue weighted by Gasteiger charge is -2.06. The van der Waals surface area contributed by atoms with Crippen molar-refractivity contribution in [1.82, 2.24) is 0 Å². The first-order valence-corrected chi connectivity index (χ1v) is 3.39. The number of carbonyl (C=O) groups is 3. The van der Waals surface area contributed by atoms with E-state index in [9.17, 15) is 14.4 Å². The molecule has 1 atom stereocenters. The van der Waals surface area contributed by atoms with Gasteiger partial charge in [-0.1, -0.05) is 0 Å². The van der Waals surface area contributed by atoms with Crippen LogP contribution in [0.5, 0.6) is 0 Å². The van der Waals surface area contributed by atoms with Gasteiger partial charge in [0.1, 0.15) is 6.04 Å². The molecular formula is C6H10N2O5. The summed E-state index contributed by atoms with van der Waals surface area (Å²) in [5.74, 6) is -3.27. The number of hydrogen-bond acceptors (Lipinski definition) is 6. The van der Waals surface area contributed by atoms with Crippen LogP contribution in [0.25, 0.3) is 0 Å². The van der Waals surface area contributed by atoms with Crippen molar-refractivity contribution in [3.8, 4) is 0 Å². The third-order valence-corrected chi connectivity index (χ3v) is 1.08. The molecule has 0 bridgehead atoms. The highest BCUT2D eigenvalue weighted by Gasteiger charge is 2.20. The van der Waals surface area contributed by atoms with Crippen LogP contribution in [-0.4, -0.2) is 35.6 Å². The van der Waals surface area contributed by atoms with E-state index in [4.69, 9.17) is 16.6 Å². The molecule has 0 unspecified atom stereocenters. The first kappa shape index (κ1) is 11.5. The van der Waals surface area contributed by atoms with Gasteiger partial charge in [0.05, 0.1) is 13.0 Å². The highest BCUT2D eigenvalue weighted by Crippen LogP contribution is 1.92. The van der Waals surface area contributed by atoms with E-state index < -0.39 is 36.9 Å². The monoisotopic (exact) mass is 190 g/mol. The van der Waals surface area contributed by atoms with Crippen LogP contribution in [0.3, 0.4) is 0 Å². The second kappa shape index (κ2) is 5.22. The van der Waals surface area contributed by atoms with Gasteiger partial charge in [-0.3, -0.25) is 9.59 Å². The molecule has 0 rings (SSSR count). The maximum atomic E-state index is 10.8. The van der Waals surface area contributed by atoms with Crippen molar-refractivity contribution in [1.29, 1.82) is 0 Å². The van der Waals surface area contributed by atoms with Gasteiger partial charge in [0.25, 0.3) is 0 Å². The van der Waals surface area contributed by atoms with Gasteiger partial charge in [0.15, 0.2) is 0 Å². The molecule has 0 aliphatic heterocycles. The average Bonchev–Trinajstić information content (AvgIpc) is 2.02. The van der Waals surface area contributed by atoms with Crippen molar-refractivity contribution in [3.63, 3.8) is 0 Å². The minimum atomic E-state index is -1.34. The standard InChI is InChI=1S/C6H10N2O5/c7-2-5(11)13-6(12)3(8)1-4(9)10/h3H,1-2,7-8H2,(H,9,10)/t3-/m0/s1. The molecule has 7 heteroatoms. The second-order valence-corrected chi connectivity index (χ2v) is 2.20. The van der Waals surface area contributed by atoms with Gasteiger partial charge >= 0.3 is 17.9 Å². The van der Waals surface area contributed by atoms with E-state index in [1.54, 1.807) is 0 Å². The van der Waals surface area contributed by atoms with Crippen molar-refractivity contribution in [2.45, 2.75) is 12.5 Å². The van der Waals surface area contributed by atoms with Crippen LogP contribution in [0.1, 0.15) is 6.42 Å². The third-order valence-electron chi connectivity index (χ3n) is 1.08. The lowest BCUT2D eigenvalue weighted by atomic mass is 10.2. The molecule has 5 N–H and O–H groups in total. The average molecular weight is 190 g/mol. The van der Waals surface area contributed by atoms with Crippen LogP contribution in [-0.2, 0) is 19.1 Å². The molecule has 0 aliphatic carbocycles. The molecule has 0 aromatic carbocycles. The number of ether oxygens (including phenoxy) is 1. The van der Waals surface area contributed by atoms with Gasteiger partial charge in [0, 0.05) is 0 Å². The van der Waals surface area contributed by atoms with Gasteiger partial charge in [0.2, 0.25) is 0 Å². The molecule has 0 fully saturated rings. The zero-order chi connectivity index (χ0) is 10.4. The fourth-order valence-corrected chi connectivity index (χ4v) is 0.501. The Kier molecular flexibility index (Phi) is 4.63. The predicted octanol–water partition coefficient (Wildman–Crippen LogP) is -2.18. The maximum absolute atomic E-state index is 10.8. The summed E-state index contributed by atoms with van der Waals surface area (Å²) in [4.78, 5) is 31.3. The fraction of sp³-hybridized carbons (Fsp3) is 0.500. The van der Waals surface area contributed by atoms with Gasteiger partial charge in [-0.25, -0.2) is 4.79 Å². The summed E-state index contributed by atoms with van der Waals surface area (Å²) in [6.45, 7) is -0.453. The zero-order valence-electron chi connectivity index (χ0n) is 6.73. The Labute approximate surface area is 73.6 Å². The Morgan fingerprint density at radius 3 is 2.31 bits per heavy atom. The smallest absolute Gasteiger partial charge is 0.331 e. The Hall–Kier alpha value is -1.47. The van der Waals surface area contributed by atoms with Crippen LogP contribution in [0, 0.1) is 0 Å². The van der Waals surface area contributed by atoms with E-state index in [0.717, 1.165) is 0 Å². The van der Waals surface area contributed by atoms with Crippen LogP contribution < -0.4 is 11.5 Å². The van der Waals surface area contributed by atoms with Crippen LogP contribution in [0.15, 0.2) is 0 Å². The molecule has 0 amide bonds. The molecule has 13 heavy (non-hydrogen) atoms. The topological polar surface area (TPSA) is 133 Å². The molecule has 0 saturated carbocycles. The van der Waals surface area contributed by atoms with Gasteiger partial charge in [-0.05, 0) is 0 Å². The van der Waals surface area contributed by atoms with Crippen molar-refractivity contribution in [3.05, 3.63) is 0 Å².